The molecule has 2 aliphatic rings. The third-order valence-electron chi connectivity index (χ3n) is 6.58. The molecule has 6 nitrogen and oxygen atoms in total. The summed E-state index contributed by atoms with van der Waals surface area (Å²) in [5.74, 6) is 0.205. The quantitative estimate of drug-likeness (QED) is 0.681. The Morgan fingerprint density at radius 1 is 1.28 bits per heavy atom. The fourth-order valence-electron chi connectivity index (χ4n) is 4.99. The van der Waals surface area contributed by atoms with E-state index in [2.05, 4.69) is 50.9 Å². The van der Waals surface area contributed by atoms with Crippen molar-refractivity contribution in [3.63, 3.8) is 0 Å². The van der Waals surface area contributed by atoms with Gasteiger partial charge in [0.1, 0.15) is 0 Å². The van der Waals surface area contributed by atoms with E-state index in [0.29, 0.717) is 16.8 Å². The molecule has 2 aromatic heterocycles. The number of hydrogen-bond donors (Lipinski definition) is 2. The van der Waals surface area contributed by atoms with Crippen LogP contribution in [0.4, 0.5) is 5.95 Å². The zero-order chi connectivity index (χ0) is 20.2. The van der Waals surface area contributed by atoms with Gasteiger partial charge in [-0.15, -0.1) is 0 Å². The second-order valence-corrected chi connectivity index (χ2v) is 8.96. The van der Waals surface area contributed by atoms with Crippen molar-refractivity contribution < 1.29 is 5.11 Å². The molecule has 3 aromatic rings. The van der Waals surface area contributed by atoms with Crippen molar-refractivity contribution in [1.82, 2.24) is 19.4 Å². The Labute approximate surface area is 175 Å². The predicted molar refractivity (Wildman–Crippen MR) is 116 cm³/mol. The SMILES string of the molecule is CN1CCC(n2cc(-c3nc(N)ncc3Cl)c3cc(C4(O)CCCC4)ccc32)C1. The highest BCUT2D eigenvalue weighted by molar-refractivity contribution is 6.33. The average molecular weight is 412 g/mol. The standard InChI is InChI=1S/C22H26ClN5O/c1-27-9-6-15(12-27)28-13-17(20-18(23)11-25-21(24)26-20)16-10-14(4-5-19(16)28)22(29)7-2-3-8-22/h4-5,10-11,13,15,29H,2-3,6-9,12H2,1H3,(H2,24,25,26). The van der Waals surface area contributed by atoms with Crippen LogP contribution in [0.2, 0.25) is 5.02 Å². The normalized spacial score (nSPS) is 22.0. The first-order valence-electron chi connectivity index (χ1n) is 10.3. The average Bonchev–Trinajstić information content (AvgIpc) is 3.42. The lowest BCUT2D eigenvalue weighted by Crippen LogP contribution is -2.20. The van der Waals surface area contributed by atoms with E-state index >= 15 is 0 Å². The fraction of sp³-hybridized carbons (Fsp3) is 0.455. The van der Waals surface area contributed by atoms with Crippen molar-refractivity contribution in [3.05, 3.63) is 41.2 Å². The number of halogens is 1. The van der Waals surface area contributed by atoms with Gasteiger partial charge >= 0.3 is 0 Å². The van der Waals surface area contributed by atoms with Crippen molar-refractivity contribution in [3.8, 4) is 11.3 Å². The van der Waals surface area contributed by atoms with Crippen molar-refractivity contribution in [2.75, 3.05) is 25.9 Å². The molecular weight excluding hydrogens is 386 g/mol. The number of nitrogen functional groups attached to an aromatic ring is 1. The number of rotatable bonds is 3. The second kappa shape index (κ2) is 6.97. The lowest BCUT2D eigenvalue weighted by atomic mass is 9.91. The Bertz CT molecular complexity index is 1070. The van der Waals surface area contributed by atoms with E-state index in [0.717, 1.165) is 67.2 Å². The number of hydrogen-bond acceptors (Lipinski definition) is 5. The molecule has 0 bridgehead atoms. The molecule has 1 aromatic carbocycles. The number of likely N-dealkylation sites (N-methyl/N-ethyl adjacent to an activating group) is 1. The summed E-state index contributed by atoms with van der Waals surface area (Å²) < 4.78 is 2.34. The molecule has 3 heterocycles. The van der Waals surface area contributed by atoms with Crippen LogP contribution in [0.1, 0.15) is 43.7 Å². The maximum atomic E-state index is 11.2. The Balaban J connectivity index is 1.72. The van der Waals surface area contributed by atoms with E-state index in [-0.39, 0.29) is 5.95 Å². The van der Waals surface area contributed by atoms with E-state index in [1.54, 1.807) is 6.20 Å². The molecule has 3 N–H and O–H groups in total. The van der Waals surface area contributed by atoms with Gasteiger partial charge in [-0.3, -0.25) is 0 Å². The first-order valence-corrected chi connectivity index (χ1v) is 10.7. The van der Waals surface area contributed by atoms with Crippen molar-refractivity contribution in [2.24, 2.45) is 0 Å². The highest BCUT2D eigenvalue weighted by atomic mass is 35.5. The summed E-state index contributed by atoms with van der Waals surface area (Å²) in [5.41, 5.74) is 8.83. The maximum Gasteiger partial charge on any atom is 0.220 e. The third-order valence-corrected chi connectivity index (χ3v) is 6.86. The number of nitrogens with two attached hydrogens (primary N) is 1. The van der Waals surface area contributed by atoms with E-state index in [4.69, 9.17) is 17.3 Å². The number of aromatic nitrogens is 3. The van der Waals surface area contributed by atoms with Crippen molar-refractivity contribution in [1.29, 1.82) is 0 Å². The Morgan fingerprint density at radius 2 is 2.07 bits per heavy atom. The van der Waals surface area contributed by atoms with Gasteiger partial charge in [0, 0.05) is 35.2 Å². The van der Waals surface area contributed by atoms with Gasteiger partial charge in [0.2, 0.25) is 5.95 Å². The topological polar surface area (TPSA) is 80.2 Å². The third kappa shape index (κ3) is 3.19. The molecule has 0 spiro atoms. The van der Waals surface area contributed by atoms with Crippen LogP contribution < -0.4 is 5.73 Å². The molecule has 7 heteroatoms. The molecule has 1 aliphatic carbocycles. The highest BCUT2D eigenvalue weighted by Crippen LogP contribution is 2.42. The first kappa shape index (κ1) is 18.9. The van der Waals surface area contributed by atoms with Gasteiger partial charge in [0.15, 0.2) is 0 Å². The number of nitrogens with zero attached hydrogens (tertiary/aromatic N) is 4. The predicted octanol–water partition coefficient (Wildman–Crippen LogP) is 3.97. The van der Waals surface area contributed by atoms with Crippen molar-refractivity contribution >= 4 is 28.5 Å². The zero-order valence-electron chi connectivity index (χ0n) is 16.6. The van der Waals surface area contributed by atoms with E-state index in [1.165, 1.54) is 0 Å². The molecular formula is C22H26ClN5O. The molecule has 1 aliphatic heterocycles. The van der Waals surface area contributed by atoms with Gasteiger partial charge < -0.3 is 20.3 Å². The number of anilines is 1. The first-order chi connectivity index (χ1) is 13.9. The summed E-state index contributed by atoms with van der Waals surface area (Å²) >= 11 is 6.47. The van der Waals surface area contributed by atoms with Gasteiger partial charge in [-0.25, -0.2) is 9.97 Å². The monoisotopic (exact) mass is 411 g/mol. The van der Waals surface area contributed by atoms with Crippen LogP contribution in [0.15, 0.2) is 30.6 Å². The summed E-state index contributed by atoms with van der Waals surface area (Å²) in [5, 5.41) is 12.7. The van der Waals surface area contributed by atoms with Crippen LogP contribution in [0, 0.1) is 0 Å². The summed E-state index contributed by atoms with van der Waals surface area (Å²) in [6.45, 7) is 2.09. The molecule has 0 amide bonds. The van der Waals surface area contributed by atoms with Crippen molar-refractivity contribution in [2.45, 2.75) is 43.7 Å². The number of likely N-dealkylation sites (tertiary alicyclic amines) is 1. The molecule has 1 saturated heterocycles. The van der Waals surface area contributed by atoms with Crippen LogP contribution in [0.5, 0.6) is 0 Å². The molecule has 0 radical (unpaired) electrons. The van der Waals surface area contributed by atoms with Gasteiger partial charge in [0.05, 0.1) is 22.5 Å². The number of fused-ring (bicyclic) bond motifs is 1. The maximum absolute atomic E-state index is 11.2. The van der Waals surface area contributed by atoms with Gasteiger partial charge in [-0.1, -0.05) is 30.5 Å². The minimum atomic E-state index is -0.740. The summed E-state index contributed by atoms with van der Waals surface area (Å²) in [7, 11) is 2.16. The van der Waals surface area contributed by atoms with Gasteiger partial charge in [-0.2, -0.15) is 0 Å². The molecule has 1 unspecified atom stereocenters. The summed E-state index contributed by atoms with van der Waals surface area (Å²) in [4.78, 5) is 10.8. The van der Waals surface area contributed by atoms with Crippen LogP contribution in [-0.4, -0.2) is 44.7 Å². The lowest BCUT2D eigenvalue weighted by Gasteiger charge is -2.23. The molecule has 2 fully saturated rings. The molecule has 5 rings (SSSR count). The largest absolute Gasteiger partial charge is 0.385 e. The highest BCUT2D eigenvalue weighted by Gasteiger charge is 2.34. The van der Waals surface area contributed by atoms with E-state index < -0.39 is 5.60 Å². The van der Waals surface area contributed by atoms with Crippen LogP contribution in [-0.2, 0) is 5.60 Å². The van der Waals surface area contributed by atoms with Gasteiger partial charge in [-0.05, 0) is 50.6 Å². The lowest BCUT2D eigenvalue weighted by molar-refractivity contribution is 0.0446. The number of aliphatic hydroxyl groups is 1. The molecule has 1 atom stereocenters. The van der Waals surface area contributed by atoms with E-state index in [9.17, 15) is 5.11 Å². The van der Waals surface area contributed by atoms with Crippen LogP contribution in [0.25, 0.3) is 22.2 Å². The molecule has 29 heavy (non-hydrogen) atoms. The van der Waals surface area contributed by atoms with E-state index in [1.807, 2.05) is 0 Å². The Hall–Kier alpha value is -2.15. The second-order valence-electron chi connectivity index (χ2n) is 8.55. The number of benzene rings is 1. The minimum absolute atomic E-state index is 0.205. The fourth-order valence-corrected chi connectivity index (χ4v) is 5.19. The van der Waals surface area contributed by atoms with Crippen LogP contribution >= 0.6 is 11.6 Å². The minimum Gasteiger partial charge on any atom is -0.385 e. The smallest absolute Gasteiger partial charge is 0.220 e. The molecule has 1 saturated carbocycles. The Kier molecular flexibility index (Phi) is 4.53. The summed E-state index contributed by atoms with van der Waals surface area (Å²) in [6, 6.07) is 6.75. The molecule has 152 valence electrons. The summed E-state index contributed by atoms with van der Waals surface area (Å²) in [6.07, 6.45) is 8.54. The van der Waals surface area contributed by atoms with Gasteiger partial charge in [0.25, 0.3) is 0 Å². The van der Waals surface area contributed by atoms with Crippen LogP contribution in [0.3, 0.4) is 0 Å². The Morgan fingerprint density at radius 3 is 2.79 bits per heavy atom. The zero-order valence-corrected chi connectivity index (χ0v) is 17.4.